The Kier molecular flexibility index (Phi) is 13.7. The second kappa shape index (κ2) is 15.7. The number of carbonyl (C=O) groups excluding carboxylic acids is 5. The van der Waals surface area contributed by atoms with E-state index in [2.05, 4.69) is 0 Å². The minimum absolute atomic E-state index is 0.000823. The highest BCUT2D eigenvalue weighted by molar-refractivity contribution is 5.83. The van der Waals surface area contributed by atoms with Crippen LogP contribution < -0.4 is 0 Å². The topological polar surface area (TPSA) is 182 Å². The summed E-state index contributed by atoms with van der Waals surface area (Å²) >= 11 is 0. The molecule has 0 aromatic carbocycles. The molecule has 0 saturated carbocycles. The summed E-state index contributed by atoms with van der Waals surface area (Å²) in [5.41, 5.74) is -2.71. The highest BCUT2D eigenvalue weighted by atomic mass is 16.6. The lowest BCUT2D eigenvalue weighted by Gasteiger charge is -2.40. The van der Waals surface area contributed by atoms with E-state index in [4.69, 9.17) is 23.7 Å². The summed E-state index contributed by atoms with van der Waals surface area (Å²) in [7, 11) is 1.24. The molecule has 0 spiro atoms. The molecule has 2 atom stereocenters. The third-order valence-corrected chi connectivity index (χ3v) is 6.08. The van der Waals surface area contributed by atoms with Crippen molar-refractivity contribution in [3.63, 3.8) is 0 Å². The fourth-order valence-corrected chi connectivity index (χ4v) is 4.18. The summed E-state index contributed by atoms with van der Waals surface area (Å²) in [4.78, 5) is 77.3. The first-order valence-electron chi connectivity index (χ1n) is 15.4. The Morgan fingerprint density at radius 1 is 0.511 bits per heavy atom. The maximum absolute atomic E-state index is 12.3. The molecule has 4 amide bonds. The first-order valence-corrected chi connectivity index (χ1v) is 15.4. The quantitative estimate of drug-likeness (QED) is 0.330. The Morgan fingerprint density at radius 2 is 0.809 bits per heavy atom. The molecule has 0 aromatic rings. The van der Waals surface area contributed by atoms with Crippen LogP contribution in [0.3, 0.4) is 0 Å². The van der Waals surface area contributed by atoms with Gasteiger partial charge in [0.15, 0.2) is 12.1 Å². The highest BCUT2D eigenvalue weighted by Gasteiger charge is 2.42. The minimum atomic E-state index is -1.19. The number of carboxylic acids is 1. The number of hydrogen-bond acceptors (Lipinski definition) is 11. The van der Waals surface area contributed by atoms with E-state index < -0.39 is 70.8 Å². The van der Waals surface area contributed by atoms with Crippen molar-refractivity contribution in [2.45, 2.75) is 118 Å². The Bertz CT molecular complexity index is 1150. The van der Waals surface area contributed by atoms with E-state index in [0.717, 1.165) is 4.90 Å². The Labute approximate surface area is 277 Å². The lowest BCUT2D eigenvalue weighted by atomic mass is 10.1. The van der Waals surface area contributed by atoms with Crippen LogP contribution in [0, 0.1) is 0 Å². The molecule has 2 heterocycles. The SMILES string of the molecule is CC(C)(C)OC(=O)N1CCN(C(=O)OC(C)(C)C)C(C(=O)O)C1.COC(=O)[C@H]1CN(C(=O)OC(C)(C)C)CCN1C(=O)OC(C)(C)C. The van der Waals surface area contributed by atoms with Crippen molar-refractivity contribution < 1.29 is 57.6 Å². The van der Waals surface area contributed by atoms with Gasteiger partial charge in [0.1, 0.15) is 22.4 Å². The van der Waals surface area contributed by atoms with E-state index in [1.165, 1.54) is 21.8 Å². The fourth-order valence-electron chi connectivity index (χ4n) is 4.18. The van der Waals surface area contributed by atoms with Gasteiger partial charge in [-0.2, -0.15) is 0 Å². The van der Waals surface area contributed by atoms with Crippen molar-refractivity contribution in [1.29, 1.82) is 0 Å². The molecule has 2 fully saturated rings. The Balaban J connectivity index is 0.000000470. The van der Waals surface area contributed by atoms with E-state index in [-0.39, 0.29) is 39.3 Å². The van der Waals surface area contributed by atoms with Crippen molar-refractivity contribution in [3.05, 3.63) is 0 Å². The molecule has 0 bridgehead atoms. The predicted molar refractivity (Wildman–Crippen MR) is 169 cm³/mol. The summed E-state index contributed by atoms with van der Waals surface area (Å²) in [5, 5.41) is 9.36. The molecule has 47 heavy (non-hydrogen) atoms. The third kappa shape index (κ3) is 14.5. The van der Waals surface area contributed by atoms with Crippen LogP contribution in [0.5, 0.6) is 0 Å². The molecule has 16 heteroatoms. The number of carbonyl (C=O) groups is 6. The zero-order valence-corrected chi connectivity index (χ0v) is 30.1. The van der Waals surface area contributed by atoms with Crippen molar-refractivity contribution in [2.75, 3.05) is 46.4 Å². The number of rotatable bonds is 2. The van der Waals surface area contributed by atoms with Crippen LogP contribution in [-0.2, 0) is 33.3 Å². The molecule has 0 aliphatic carbocycles. The van der Waals surface area contributed by atoms with E-state index in [9.17, 15) is 33.9 Å². The molecule has 2 aliphatic rings. The van der Waals surface area contributed by atoms with Crippen molar-refractivity contribution in [2.24, 2.45) is 0 Å². The molecule has 2 saturated heterocycles. The summed E-state index contributed by atoms with van der Waals surface area (Å²) in [6, 6.07) is -2.09. The molecule has 1 N–H and O–H groups in total. The summed E-state index contributed by atoms with van der Waals surface area (Å²) in [6.07, 6.45) is -2.43. The number of nitrogens with zero attached hydrogens (tertiary/aromatic N) is 4. The molecule has 2 rings (SSSR count). The normalized spacial score (nSPS) is 19.1. The number of aliphatic carboxylic acids is 1. The van der Waals surface area contributed by atoms with E-state index in [1.807, 2.05) is 0 Å². The largest absolute Gasteiger partial charge is 0.480 e. The second-order valence-corrected chi connectivity index (χ2v) is 15.1. The average Bonchev–Trinajstić information content (AvgIpc) is 2.88. The van der Waals surface area contributed by atoms with Crippen molar-refractivity contribution in [3.8, 4) is 0 Å². The standard InChI is InChI=1S/C16H28N2O6.C15H26N2O6/c1-15(2,3)23-13(20)17-8-9-18(11(10-17)12(19)22-7)14(21)24-16(4,5)6;1-14(2,3)22-12(20)16-7-8-17(10(9-16)11(18)19)13(21)23-15(4,5)6/h11H,8-10H2,1-7H3;10H,7-9H2,1-6H3,(H,18,19)/t11-;/m1./s1. The number of methoxy groups -OCH3 is 1. The van der Waals surface area contributed by atoms with Gasteiger partial charge in [-0.25, -0.2) is 28.8 Å². The molecule has 0 radical (unpaired) electrons. The predicted octanol–water partition coefficient (Wildman–Crippen LogP) is 3.94. The van der Waals surface area contributed by atoms with Gasteiger partial charge in [0.2, 0.25) is 0 Å². The highest BCUT2D eigenvalue weighted by Crippen LogP contribution is 2.20. The minimum Gasteiger partial charge on any atom is -0.480 e. The van der Waals surface area contributed by atoms with E-state index >= 15 is 0 Å². The van der Waals surface area contributed by atoms with Gasteiger partial charge in [-0.15, -0.1) is 0 Å². The Morgan fingerprint density at radius 3 is 1.11 bits per heavy atom. The van der Waals surface area contributed by atoms with E-state index in [0.29, 0.717) is 0 Å². The van der Waals surface area contributed by atoms with Crippen LogP contribution in [0.1, 0.15) is 83.1 Å². The molecular weight excluding hydrogens is 620 g/mol. The monoisotopic (exact) mass is 674 g/mol. The van der Waals surface area contributed by atoms with E-state index in [1.54, 1.807) is 83.1 Å². The maximum Gasteiger partial charge on any atom is 0.411 e. The summed E-state index contributed by atoms with van der Waals surface area (Å²) in [5.74, 6) is -1.79. The number of amides is 4. The van der Waals surface area contributed by atoms with Gasteiger partial charge in [-0.3, -0.25) is 9.80 Å². The molecule has 0 aromatic heterocycles. The van der Waals surface area contributed by atoms with Crippen molar-refractivity contribution >= 4 is 36.3 Å². The molecule has 270 valence electrons. The molecule has 1 unspecified atom stereocenters. The zero-order chi connectivity index (χ0) is 36.7. The molecule has 2 aliphatic heterocycles. The number of esters is 1. The van der Waals surface area contributed by atoms with Crippen molar-refractivity contribution in [1.82, 2.24) is 19.6 Å². The number of piperazine rings is 2. The molecular formula is C31H54N4O12. The lowest BCUT2D eigenvalue weighted by molar-refractivity contribution is -0.149. The summed E-state index contributed by atoms with van der Waals surface area (Å²) < 4.78 is 25.9. The van der Waals surface area contributed by atoms with Gasteiger partial charge < -0.3 is 38.6 Å². The number of carboxylic acid groups (broad SMARTS) is 1. The van der Waals surface area contributed by atoms with Gasteiger partial charge in [-0.05, 0) is 83.1 Å². The van der Waals surface area contributed by atoms with Crippen LogP contribution >= 0.6 is 0 Å². The Hall–Kier alpha value is -3.98. The first-order chi connectivity index (χ1) is 21.1. The van der Waals surface area contributed by atoms with Crippen LogP contribution in [0.4, 0.5) is 19.2 Å². The maximum atomic E-state index is 12.3. The second-order valence-electron chi connectivity index (χ2n) is 15.1. The first kappa shape index (κ1) is 41.0. The lowest BCUT2D eigenvalue weighted by Crippen LogP contribution is -2.60. The van der Waals surface area contributed by atoms with Gasteiger partial charge in [0.25, 0.3) is 0 Å². The van der Waals surface area contributed by atoms with Gasteiger partial charge in [-0.1, -0.05) is 0 Å². The molecule has 16 nitrogen and oxygen atoms in total. The van der Waals surface area contributed by atoms with Gasteiger partial charge >= 0.3 is 36.3 Å². The number of ether oxygens (including phenoxy) is 5. The van der Waals surface area contributed by atoms with Crippen LogP contribution in [0.25, 0.3) is 0 Å². The zero-order valence-electron chi connectivity index (χ0n) is 30.1. The van der Waals surface area contributed by atoms with Crippen LogP contribution in [0.15, 0.2) is 0 Å². The summed E-state index contributed by atoms with van der Waals surface area (Å²) in [6.45, 7) is 21.4. The van der Waals surface area contributed by atoms with Crippen LogP contribution in [0.2, 0.25) is 0 Å². The smallest absolute Gasteiger partial charge is 0.411 e. The van der Waals surface area contributed by atoms with Gasteiger partial charge in [0.05, 0.1) is 20.2 Å². The third-order valence-electron chi connectivity index (χ3n) is 6.08. The van der Waals surface area contributed by atoms with Crippen LogP contribution in [-0.4, -0.2) is 142 Å². The number of hydrogen-bond donors (Lipinski definition) is 1. The average molecular weight is 675 g/mol. The van der Waals surface area contributed by atoms with Gasteiger partial charge in [0, 0.05) is 26.2 Å². The fraction of sp³-hybridized carbons (Fsp3) is 0.806.